The number of carbonyl (C=O) groups is 3. The molecule has 4 aromatic rings. The number of rotatable bonds is 13. The molecule has 0 unspecified atom stereocenters. The van der Waals surface area contributed by atoms with Crippen LogP contribution >= 0.6 is 0 Å². The first-order valence-corrected chi connectivity index (χ1v) is 15.5. The molecule has 9 heteroatoms. The topological polar surface area (TPSA) is 131 Å². The third-order valence-electron chi connectivity index (χ3n) is 7.62. The molecule has 0 radical (unpaired) electrons. The lowest BCUT2D eigenvalue weighted by molar-refractivity contribution is -0.141. The Morgan fingerprint density at radius 3 is 2.00 bits per heavy atom. The van der Waals surface area contributed by atoms with Gasteiger partial charge in [0.1, 0.15) is 17.8 Å². The molecule has 240 valence electrons. The van der Waals surface area contributed by atoms with Gasteiger partial charge in [-0.3, -0.25) is 14.4 Å². The summed E-state index contributed by atoms with van der Waals surface area (Å²) in [7, 11) is 0. The molecule has 0 aliphatic heterocycles. The van der Waals surface area contributed by atoms with Crippen LogP contribution in [0.1, 0.15) is 68.9 Å². The zero-order valence-electron chi connectivity index (χ0n) is 27.0. The molecule has 0 fully saturated rings. The van der Waals surface area contributed by atoms with Crippen molar-refractivity contribution in [2.45, 2.75) is 71.4 Å². The minimum absolute atomic E-state index is 0.0703. The number of aliphatic carboxylic acids is 1. The fourth-order valence-corrected chi connectivity index (χ4v) is 4.68. The van der Waals surface area contributed by atoms with Crippen molar-refractivity contribution in [3.05, 3.63) is 102 Å². The molecule has 0 spiro atoms. The number of carboxylic acids is 1. The Kier molecular flexibility index (Phi) is 11.2. The van der Waals surface area contributed by atoms with Gasteiger partial charge in [0.15, 0.2) is 5.82 Å². The minimum Gasteiger partial charge on any atom is -0.494 e. The highest BCUT2D eigenvalue weighted by molar-refractivity contribution is 5.98. The maximum atomic E-state index is 13.1. The lowest BCUT2D eigenvalue weighted by Crippen LogP contribution is -2.51. The molecule has 0 bridgehead atoms. The Hall–Kier alpha value is -5.05. The first-order valence-electron chi connectivity index (χ1n) is 15.5. The van der Waals surface area contributed by atoms with Gasteiger partial charge in [0, 0.05) is 35.5 Å². The van der Waals surface area contributed by atoms with Gasteiger partial charge in [0.05, 0.1) is 6.61 Å². The summed E-state index contributed by atoms with van der Waals surface area (Å²) in [4.78, 5) is 46.7. The van der Waals surface area contributed by atoms with Crippen LogP contribution in [0.4, 0.5) is 0 Å². The van der Waals surface area contributed by atoms with E-state index >= 15 is 0 Å². The van der Waals surface area contributed by atoms with Crippen LogP contribution in [-0.2, 0) is 21.4 Å². The summed E-state index contributed by atoms with van der Waals surface area (Å²) < 4.78 is 5.74. The Morgan fingerprint density at radius 2 is 1.43 bits per heavy atom. The normalized spacial score (nSPS) is 12.5. The Labute approximate surface area is 270 Å². The number of carboxylic acid groups (broad SMARTS) is 1. The summed E-state index contributed by atoms with van der Waals surface area (Å²) in [5, 5.41) is 14.6. The van der Waals surface area contributed by atoms with Crippen LogP contribution in [0.2, 0.25) is 0 Å². The summed E-state index contributed by atoms with van der Waals surface area (Å²) in [5.41, 5.74) is 4.84. The number of amides is 2. The van der Waals surface area contributed by atoms with Crippen LogP contribution in [0.3, 0.4) is 0 Å². The monoisotopic (exact) mass is 622 g/mol. The number of hydrogen-bond acceptors (Lipinski definition) is 6. The fourth-order valence-electron chi connectivity index (χ4n) is 4.68. The van der Waals surface area contributed by atoms with Crippen molar-refractivity contribution in [2.75, 3.05) is 6.61 Å². The summed E-state index contributed by atoms with van der Waals surface area (Å²) in [6.45, 7) is 10.5. The van der Waals surface area contributed by atoms with Crippen molar-refractivity contribution in [3.8, 4) is 28.3 Å². The number of hydrogen-bond donors (Lipinski definition) is 3. The average molecular weight is 623 g/mol. The quantitative estimate of drug-likeness (QED) is 0.151. The molecule has 2 atom stereocenters. The van der Waals surface area contributed by atoms with Crippen molar-refractivity contribution in [1.29, 1.82) is 0 Å². The Morgan fingerprint density at radius 1 is 0.826 bits per heavy atom. The van der Waals surface area contributed by atoms with E-state index in [9.17, 15) is 19.5 Å². The molecule has 0 aliphatic carbocycles. The highest BCUT2D eigenvalue weighted by Gasteiger charge is 2.25. The second-order valence-corrected chi connectivity index (χ2v) is 12.3. The second-order valence-electron chi connectivity index (χ2n) is 12.3. The van der Waals surface area contributed by atoms with Gasteiger partial charge in [-0.25, -0.2) is 9.97 Å². The summed E-state index contributed by atoms with van der Waals surface area (Å²) in [6.07, 6.45) is 5.81. The third kappa shape index (κ3) is 9.23. The molecule has 0 saturated carbocycles. The highest BCUT2D eigenvalue weighted by Crippen LogP contribution is 2.24. The van der Waals surface area contributed by atoms with Gasteiger partial charge in [-0.15, -0.1) is 0 Å². The number of benzene rings is 3. The van der Waals surface area contributed by atoms with E-state index in [2.05, 4.69) is 48.3 Å². The van der Waals surface area contributed by atoms with E-state index in [0.717, 1.165) is 46.4 Å². The second kappa shape index (κ2) is 15.3. The number of aromatic nitrogens is 2. The predicted molar refractivity (Wildman–Crippen MR) is 179 cm³/mol. The lowest BCUT2D eigenvalue weighted by Gasteiger charge is -2.21. The molecule has 46 heavy (non-hydrogen) atoms. The van der Waals surface area contributed by atoms with Crippen molar-refractivity contribution in [3.63, 3.8) is 0 Å². The van der Waals surface area contributed by atoms with Gasteiger partial charge in [-0.05, 0) is 59.7 Å². The van der Waals surface area contributed by atoms with E-state index in [1.54, 1.807) is 24.5 Å². The largest absolute Gasteiger partial charge is 0.494 e. The van der Waals surface area contributed by atoms with Crippen LogP contribution in [0.5, 0.6) is 5.75 Å². The maximum Gasteiger partial charge on any atom is 0.325 e. The first kappa shape index (κ1) is 33.8. The van der Waals surface area contributed by atoms with E-state index in [1.807, 2.05) is 60.7 Å². The molecule has 4 rings (SSSR count). The van der Waals surface area contributed by atoms with Crippen molar-refractivity contribution in [2.24, 2.45) is 0 Å². The van der Waals surface area contributed by atoms with Crippen LogP contribution in [0.15, 0.2) is 85.2 Å². The summed E-state index contributed by atoms with van der Waals surface area (Å²) >= 11 is 0. The fraction of sp³-hybridized carbons (Fsp3) is 0.324. The van der Waals surface area contributed by atoms with Crippen LogP contribution < -0.4 is 15.4 Å². The highest BCUT2D eigenvalue weighted by atomic mass is 16.5. The van der Waals surface area contributed by atoms with Gasteiger partial charge >= 0.3 is 5.97 Å². The van der Waals surface area contributed by atoms with Crippen molar-refractivity contribution >= 4 is 17.8 Å². The molecule has 1 heterocycles. The van der Waals surface area contributed by atoms with Gasteiger partial charge in [0.25, 0.3) is 5.91 Å². The number of carbonyl (C=O) groups excluding carboxylic acids is 2. The van der Waals surface area contributed by atoms with Gasteiger partial charge < -0.3 is 20.5 Å². The Bertz CT molecular complexity index is 1610. The van der Waals surface area contributed by atoms with Gasteiger partial charge in [0.2, 0.25) is 5.91 Å². The first-order chi connectivity index (χ1) is 21.9. The van der Waals surface area contributed by atoms with Crippen LogP contribution in [0.25, 0.3) is 22.5 Å². The molecule has 1 aromatic heterocycles. The SMILES string of the molecule is CCCCOc1ccc(-c2cnc(-c3ccc(C[C@H](NC(=O)c4ccc(C(C)(C)C)cc4)C(=O)N[C@H](C)C(=O)O)cc3)nc2)cc1. The molecule has 3 aromatic carbocycles. The van der Waals surface area contributed by atoms with E-state index < -0.39 is 29.9 Å². The standard InChI is InChI=1S/C37H42N4O5/c1-6-7-20-46-31-18-14-26(15-19-31)29-22-38-33(39-23-29)27-10-8-25(9-11-27)21-32(35(43)40-24(2)36(44)45)41-34(42)28-12-16-30(17-13-28)37(3,4)5/h8-19,22-24,32H,6-7,20-21H2,1-5H3,(H,40,43)(H,41,42)(H,44,45)/t24-,32+/m1/s1. The molecule has 0 aliphatic rings. The molecule has 0 saturated heterocycles. The van der Waals surface area contributed by atoms with E-state index in [-0.39, 0.29) is 11.8 Å². The van der Waals surface area contributed by atoms with Crippen LogP contribution in [-0.4, -0.2) is 51.5 Å². The number of unbranched alkanes of at least 4 members (excludes halogenated alkanes) is 1. The number of nitrogens with zero attached hydrogens (tertiary/aromatic N) is 2. The molecule has 9 nitrogen and oxygen atoms in total. The van der Waals surface area contributed by atoms with E-state index in [1.165, 1.54) is 6.92 Å². The molecule has 3 N–H and O–H groups in total. The Balaban J connectivity index is 1.45. The predicted octanol–water partition coefficient (Wildman–Crippen LogP) is 6.22. The number of nitrogens with one attached hydrogen (secondary N) is 2. The zero-order chi connectivity index (χ0) is 33.3. The van der Waals surface area contributed by atoms with Gasteiger partial charge in [-0.2, -0.15) is 0 Å². The van der Waals surface area contributed by atoms with E-state index in [0.29, 0.717) is 18.0 Å². The third-order valence-corrected chi connectivity index (χ3v) is 7.62. The smallest absolute Gasteiger partial charge is 0.325 e. The lowest BCUT2D eigenvalue weighted by atomic mass is 9.86. The average Bonchev–Trinajstić information content (AvgIpc) is 3.05. The zero-order valence-corrected chi connectivity index (χ0v) is 27.0. The maximum absolute atomic E-state index is 13.1. The minimum atomic E-state index is -1.17. The van der Waals surface area contributed by atoms with Crippen molar-refractivity contribution < 1.29 is 24.2 Å². The van der Waals surface area contributed by atoms with Crippen LogP contribution in [0, 0.1) is 0 Å². The van der Waals surface area contributed by atoms with E-state index in [4.69, 9.17) is 4.74 Å². The molecular weight excluding hydrogens is 580 g/mol. The summed E-state index contributed by atoms with van der Waals surface area (Å²) in [6, 6.07) is 20.4. The molecule has 2 amide bonds. The number of ether oxygens (including phenoxy) is 1. The summed E-state index contributed by atoms with van der Waals surface area (Å²) in [5.74, 6) is -0.794. The van der Waals surface area contributed by atoms with Gasteiger partial charge in [-0.1, -0.05) is 82.6 Å². The van der Waals surface area contributed by atoms with Crippen molar-refractivity contribution in [1.82, 2.24) is 20.6 Å². The molecular formula is C37H42N4O5.